The standard InChI is InChI=1S/C9H15NO2/c1-4-5-6-7-9(2,3)12-8(11)10-7/h4-5,7H,6H2,1-3H3,(H,10,11)/b5-4-. The predicted octanol–water partition coefficient (Wildman–Crippen LogP) is 1.84. The van der Waals surface area contributed by atoms with Crippen LogP contribution in [0.2, 0.25) is 0 Å². The fourth-order valence-electron chi connectivity index (χ4n) is 1.27. The minimum Gasteiger partial charge on any atom is -0.441 e. The Bertz CT molecular complexity index is 209. The van der Waals surface area contributed by atoms with Crippen LogP contribution in [-0.2, 0) is 4.74 Å². The van der Waals surface area contributed by atoms with Gasteiger partial charge in [-0.15, -0.1) is 0 Å². The maximum atomic E-state index is 10.9. The van der Waals surface area contributed by atoms with Crippen LogP contribution in [0.15, 0.2) is 12.2 Å². The molecular formula is C9H15NO2. The van der Waals surface area contributed by atoms with Gasteiger partial charge in [-0.2, -0.15) is 0 Å². The van der Waals surface area contributed by atoms with E-state index in [1.165, 1.54) is 0 Å². The van der Waals surface area contributed by atoms with Crippen molar-refractivity contribution in [1.29, 1.82) is 0 Å². The fourth-order valence-corrected chi connectivity index (χ4v) is 1.27. The Morgan fingerprint density at radius 3 is 2.75 bits per heavy atom. The van der Waals surface area contributed by atoms with Gasteiger partial charge in [0.05, 0.1) is 6.04 Å². The Kier molecular flexibility index (Phi) is 2.40. The van der Waals surface area contributed by atoms with Crippen molar-refractivity contribution in [3.8, 4) is 0 Å². The summed E-state index contributed by atoms with van der Waals surface area (Å²) in [6.07, 6.45) is 4.52. The molecule has 1 amide bonds. The van der Waals surface area contributed by atoms with Gasteiger partial charge in [0.1, 0.15) is 5.60 Å². The van der Waals surface area contributed by atoms with E-state index in [1.54, 1.807) is 0 Å². The summed E-state index contributed by atoms with van der Waals surface area (Å²) in [4.78, 5) is 10.9. The Hall–Kier alpha value is -0.990. The summed E-state index contributed by atoms with van der Waals surface area (Å²) in [5, 5.41) is 2.77. The first-order valence-electron chi connectivity index (χ1n) is 4.17. The van der Waals surface area contributed by atoms with Gasteiger partial charge in [0.15, 0.2) is 0 Å². The molecule has 1 aliphatic heterocycles. The smallest absolute Gasteiger partial charge is 0.408 e. The number of allylic oxidation sites excluding steroid dienone is 1. The van der Waals surface area contributed by atoms with Gasteiger partial charge in [-0.25, -0.2) is 4.79 Å². The Labute approximate surface area is 72.8 Å². The lowest BCUT2D eigenvalue weighted by molar-refractivity contribution is 0.0690. The van der Waals surface area contributed by atoms with Crippen molar-refractivity contribution >= 4 is 6.09 Å². The zero-order chi connectivity index (χ0) is 9.19. The van der Waals surface area contributed by atoms with E-state index < -0.39 is 0 Å². The van der Waals surface area contributed by atoms with E-state index in [2.05, 4.69) is 5.32 Å². The molecule has 0 aromatic heterocycles. The van der Waals surface area contributed by atoms with Gasteiger partial charge in [0.25, 0.3) is 0 Å². The number of nitrogens with one attached hydrogen (secondary N) is 1. The topological polar surface area (TPSA) is 38.3 Å². The summed E-state index contributed by atoms with van der Waals surface area (Å²) >= 11 is 0. The minimum absolute atomic E-state index is 0.0983. The molecule has 3 heteroatoms. The largest absolute Gasteiger partial charge is 0.441 e. The third-order valence-electron chi connectivity index (χ3n) is 2.09. The summed E-state index contributed by atoms with van der Waals surface area (Å²) in [7, 11) is 0. The predicted molar refractivity (Wildman–Crippen MR) is 46.9 cm³/mol. The lowest BCUT2D eigenvalue weighted by Gasteiger charge is -2.22. The number of carbonyl (C=O) groups is 1. The first kappa shape index (κ1) is 9.10. The molecule has 12 heavy (non-hydrogen) atoms. The lowest BCUT2D eigenvalue weighted by Crippen LogP contribution is -2.37. The van der Waals surface area contributed by atoms with E-state index in [4.69, 9.17) is 4.74 Å². The van der Waals surface area contributed by atoms with Crippen molar-refractivity contribution in [2.45, 2.75) is 38.8 Å². The van der Waals surface area contributed by atoms with Crippen molar-refractivity contribution in [2.75, 3.05) is 0 Å². The third kappa shape index (κ3) is 1.78. The second kappa shape index (κ2) is 3.17. The number of rotatable bonds is 2. The normalized spacial score (nSPS) is 27.2. The molecule has 0 saturated carbocycles. The van der Waals surface area contributed by atoms with Gasteiger partial charge in [-0.05, 0) is 27.2 Å². The van der Waals surface area contributed by atoms with E-state index >= 15 is 0 Å². The van der Waals surface area contributed by atoms with Gasteiger partial charge >= 0.3 is 6.09 Å². The zero-order valence-corrected chi connectivity index (χ0v) is 7.76. The van der Waals surface area contributed by atoms with Crippen molar-refractivity contribution in [3.63, 3.8) is 0 Å². The molecule has 68 valence electrons. The molecule has 1 rings (SSSR count). The maximum absolute atomic E-state index is 10.9. The molecule has 0 aromatic carbocycles. The zero-order valence-electron chi connectivity index (χ0n) is 7.76. The Morgan fingerprint density at radius 2 is 2.33 bits per heavy atom. The van der Waals surface area contributed by atoms with E-state index in [9.17, 15) is 4.79 Å². The molecule has 1 saturated heterocycles. The molecule has 1 heterocycles. The van der Waals surface area contributed by atoms with E-state index in [0.29, 0.717) is 0 Å². The first-order valence-corrected chi connectivity index (χ1v) is 4.17. The summed E-state index contributed by atoms with van der Waals surface area (Å²) in [5.41, 5.74) is -0.378. The van der Waals surface area contributed by atoms with Crippen LogP contribution in [-0.4, -0.2) is 17.7 Å². The van der Waals surface area contributed by atoms with Crippen LogP contribution in [0.25, 0.3) is 0 Å². The van der Waals surface area contributed by atoms with E-state index in [0.717, 1.165) is 6.42 Å². The van der Waals surface area contributed by atoms with Gasteiger partial charge in [0, 0.05) is 0 Å². The third-order valence-corrected chi connectivity index (χ3v) is 2.09. The number of carbonyl (C=O) groups excluding carboxylic acids is 1. The van der Waals surface area contributed by atoms with Crippen LogP contribution in [0, 0.1) is 0 Å². The molecule has 0 aliphatic carbocycles. The van der Waals surface area contributed by atoms with Crippen LogP contribution in [0.3, 0.4) is 0 Å². The number of hydrogen-bond acceptors (Lipinski definition) is 2. The monoisotopic (exact) mass is 169 g/mol. The summed E-state index contributed by atoms with van der Waals surface area (Å²) < 4.78 is 5.07. The highest BCUT2D eigenvalue weighted by Crippen LogP contribution is 2.23. The molecule has 1 atom stereocenters. The van der Waals surface area contributed by atoms with Crippen LogP contribution in [0.5, 0.6) is 0 Å². The average Bonchev–Trinajstić information content (AvgIpc) is 2.20. The van der Waals surface area contributed by atoms with Crippen molar-refractivity contribution in [1.82, 2.24) is 5.32 Å². The van der Waals surface area contributed by atoms with Crippen LogP contribution < -0.4 is 5.32 Å². The van der Waals surface area contributed by atoms with Gasteiger partial charge in [0.2, 0.25) is 0 Å². The van der Waals surface area contributed by atoms with Gasteiger partial charge in [-0.1, -0.05) is 12.2 Å². The van der Waals surface area contributed by atoms with Crippen LogP contribution in [0.4, 0.5) is 4.79 Å². The van der Waals surface area contributed by atoms with Crippen molar-refractivity contribution < 1.29 is 9.53 Å². The highest BCUT2D eigenvalue weighted by molar-refractivity contribution is 5.71. The first-order chi connectivity index (χ1) is 5.56. The Morgan fingerprint density at radius 1 is 1.67 bits per heavy atom. The molecule has 0 aromatic rings. The summed E-state index contributed by atoms with van der Waals surface area (Å²) in [5.74, 6) is 0. The molecule has 1 aliphatic rings. The maximum Gasteiger partial charge on any atom is 0.408 e. The average molecular weight is 169 g/mol. The Balaban J connectivity index is 2.58. The van der Waals surface area contributed by atoms with E-state index in [1.807, 2.05) is 32.9 Å². The number of ether oxygens (including phenoxy) is 1. The molecule has 0 radical (unpaired) electrons. The molecule has 1 fully saturated rings. The molecule has 0 bridgehead atoms. The van der Waals surface area contributed by atoms with Gasteiger partial charge in [-0.3, -0.25) is 0 Å². The second-order valence-electron chi connectivity index (χ2n) is 3.49. The molecule has 1 unspecified atom stereocenters. The van der Waals surface area contributed by atoms with E-state index in [-0.39, 0.29) is 17.7 Å². The van der Waals surface area contributed by atoms with Crippen LogP contribution >= 0.6 is 0 Å². The number of hydrogen-bond donors (Lipinski definition) is 1. The van der Waals surface area contributed by atoms with Gasteiger partial charge < -0.3 is 10.1 Å². The summed E-state index contributed by atoms with van der Waals surface area (Å²) in [6.45, 7) is 5.79. The number of cyclic esters (lactones) is 1. The van der Waals surface area contributed by atoms with Crippen molar-refractivity contribution in [3.05, 3.63) is 12.2 Å². The minimum atomic E-state index is -0.378. The highest BCUT2D eigenvalue weighted by atomic mass is 16.6. The highest BCUT2D eigenvalue weighted by Gasteiger charge is 2.40. The fraction of sp³-hybridized carbons (Fsp3) is 0.667. The molecular weight excluding hydrogens is 154 g/mol. The summed E-state index contributed by atoms with van der Waals surface area (Å²) in [6, 6.07) is 0.0983. The van der Waals surface area contributed by atoms with Crippen LogP contribution in [0.1, 0.15) is 27.2 Å². The van der Waals surface area contributed by atoms with Crippen molar-refractivity contribution in [2.24, 2.45) is 0 Å². The lowest BCUT2D eigenvalue weighted by atomic mass is 9.97. The molecule has 3 nitrogen and oxygen atoms in total. The molecule has 1 N–H and O–H groups in total. The number of amides is 1. The number of alkyl carbamates (subject to hydrolysis) is 1. The second-order valence-corrected chi connectivity index (χ2v) is 3.49. The quantitative estimate of drug-likeness (QED) is 0.640. The SMILES string of the molecule is C/C=C\CC1NC(=O)OC1(C)C. The molecule has 0 spiro atoms.